The number of halogens is 1. The molecule has 2 rings (SSSR count). The normalized spacial score (nSPS) is 12.3. The number of ether oxygens (including phenoxy) is 1. The van der Waals surface area contributed by atoms with Gasteiger partial charge in [0, 0.05) is 10.0 Å². The van der Waals surface area contributed by atoms with Crippen LogP contribution in [-0.4, -0.2) is 46.0 Å². The summed E-state index contributed by atoms with van der Waals surface area (Å²) in [5.74, 6) is 0.711. The molecule has 0 unspecified atom stereocenters. The van der Waals surface area contributed by atoms with Crippen molar-refractivity contribution < 1.29 is 9.66 Å². The average molecular weight is 402 g/mol. The van der Waals surface area contributed by atoms with E-state index in [1.807, 2.05) is 24.3 Å². The number of nitrogens with zero attached hydrogens (tertiary/aromatic N) is 3. The first-order valence-corrected chi connectivity index (χ1v) is 10.8. The van der Waals surface area contributed by atoms with Crippen molar-refractivity contribution in [2.24, 2.45) is 0 Å². The van der Waals surface area contributed by atoms with Crippen LogP contribution in [0.5, 0.6) is 0 Å². The zero-order chi connectivity index (χ0) is 17.0. The summed E-state index contributed by atoms with van der Waals surface area (Å²) in [6, 6.07) is 7.41. The number of hydrogen-bond acceptors (Lipinski definition) is 4. The fourth-order valence-corrected chi connectivity index (χ4v) is 3.09. The van der Waals surface area contributed by atoms with Gasteiger partial charge in [0.15, 0.2) is 0 Å². The average Bonchev–Trinajstić information content (AvgIpc) is 2.86. The maximum atomic E-state index is 11.3. The lowest BCUT2D eigenvalue weighted by atomic mass is 10.1. The van der Waals surface area contributed by atoms with Gasteiger partial charge in [-0.25, -0.2) is 10.0 Å². The Morgan fingerprint density at radius 1 is 1.39 bits per heavy atom. The van der Waals surface area contributed by atoms with E-state index < -0.39 is 15.0 Å². The quantitative estimate of drug-likeness (QED) is 0.400. The van der Waals surface area contributed by atoms with Crippen molar-refractivity contribution in [1.82, 2.24) is 9.78 Å². The molecule has 0 atom stereocenters. The lowest BCUT2D eigenvalue weighted by Gasteiger charge is -2.24. The van der Waals surface area contributed by atoms with Gasteiger partial charge in [0.1, 0.15) is 11.9 Å². The summed E-state index contributed by atoms with van der Waals surface area (Å²) in [7, 11) is -0.721. The third kappa shape index (κ3) is 5.05. The summed E-state index contributed by atoms with van der Waals surface area (Å²) < 4.78 is 8.19. The second-order valence-electron chi connectivity index (χ2n) is 5.99. The Hall–Kier alpha value is -1.38. The molecule has 0 bridgehead atoms. The van der Waals surface area contributed by atoms with Crippen LogP contribution in [0, 0.1) is 10.1 Å². The smallest absolute Gasteiger partial charge is 0.314 e. The van der Waals surface area contributed by atoms with Gasteiger partial charge >= 0.3 is 5.69 Å². The minimum absolute atomic E-state index is 0.00421. The monoisotopic (exact) mass is 401 g/mol. The summed E-state index contributed by atoms with van der Waals surface area (Å²) in [5, 5.41) is 15.4. The molecular formula is C15H20BrN3O3S. The molecule has 0 aliphatic carbocycles. The molecule has 1 aromatic carbocycles. The number of benzene rings is 1. The van der Waals surface area contributed by atoms with Gasteiger partial charge in [0.05, 0.1) is 24.0 Å². The van der Waals surface area contributed by atoms with E-state index in [1.54, 1.807) is 4.68 Å². The van der Waals surface area contributed by atoms with Crippen molar-refractivity contribution in [1.29, 1.82) is 0 Å². The minimum Gasteiger partial charge on any atom is -0.370 e. The van der Waals surface area contributed by atoms with Gasteiger partial charge in [-0.05, 0) is 30.9 Å². The topological polar surface area (TPSA) is 70.2 Å². The van der Waals surface area contributed by atoms with Gasteiger partial charge in [-0.2, -0.15) is 5.10 Å². The molecule has 0 radical (unpaired) electrons. The molecule has 23 heavy (non-hydrogen) atoms. The molecule has 0 spiro atoms. The van der Waals surface area contributed by atoms with E-state index in [-0.39, 0.29) is 5.69 Å². The maximum absolute atomic E-state index is 11.3. The summed E-state index contributed by atoms with van der Waals surface area (Å²) in [5.41, 5.74) is 1.26. The highest BCUT2D eigenvalue weighted by molar-refractivity contribution is 9.10. The first-order chi connectivity index (χ1) is 10.8. The third-order valence-electron chi connectivity index (χ3n) is 3.00. The first-order valence-electron chi connectivity index (χ1n) is 6.98. The standard InChI is InChI=1S/C15H20BrN3O3S/c1-23(2,3)11-22-8-7-18-15(14(10-17-18)19(20)21)12-5-4-6-13(16)9-12/h4-6,9-10H,7-8,11H2,1-3H3. The fraction of sp³-hybridized carbons (Fsp3) is 0.400. The van der Waals surface area contributed by atoms with Crippen LogP contribution in [0.25, 0.3) is 11.3 Å². The van der Waals surface area contributed by atoms with E-state index >= 15 is 0 Å². The molecule has 0 saturated heterocycles. The Kier molecular flexibility index (Phi) is 5.83. The highest BCUT2D eigenvalue weighted by Gasteiger charge is 2.22. The Balaban J connectivity index is 2.22. The summed E-state index contributed by atoms with van der Waals surface area (Å²) in [4.78, 5) is 10.9. The van der Waals surface area contributed by atoms with Gasteiger partial charge < -0.3 is 4.74 Å². The molecule has 1 heterocycles. The number of nitro groups is 1. The van der Waals surface area contributed by atoms with E-state index in [2.05, 4.69) is 39.8 Å². The van der Waals surface area contributed by atoms with E-state index in [4.69, 9.17) is 4.74 Å². The van der Waals surface area contributed by atoms with Crippen LogP contribution < -0.4 is 0 Å². The van der Waals surface area contributed by atoms with Crippen LogP contribution >= 0.6 is 26.0 Å². The predicted octanol–water partition coefficient (Wildman–Crippen LogP) is 3.89. The predicted molar refractivity (Wildman–Crippen MR) is 98.2 cm³/mol. The lowest BCUT2D eigenvalue weighted by Crippen LogP contribution is -2.11. The number of hydrogen-bond donors (Lipinski definition) is 0. The maximum Gasteiger partial charge on any atom is 0.314 e. The van der Waals surface area contributed by atoms with Crippen LogP contribution in [0.2, 0.25) is 0 Å². The number of rotatable bonds is 7. The Bertz CT molecular complexity index is 698. The van der Waals surface area contributed by atoms with E-state index in [0.717, 1.165) is 10.0 Å². The van der Waals surface area contributed by atoms with Crippen molar-refractivity contribution in [3.8, 4) is 11.3 Å². The lowest BCUT2D eigenvalue weighted by molar-refractivity contribution is -0.384. The minimum atomic E-state index is -0.721. The molecule has 0 amide bonds. The molecule has 6 nitrogen and oxygen atoms in total. The molecule has 8 heteroatoms. The van der Waals surface area contributed by atoms with E-state index in [1.165, 1.54) is 6.20 Å². The van der Waals surface area contributed by atoms with Crippen molar-refractivity contribution in [3.63, 3.8) is 0 Å². The molecule has 0 fully saturated rings. The van der Waals surface area contributed by atoms with Gasteiger partial charge in [-0.15, -0.1) is 0 Å². The van der Waals surface area contributed by atoms with Crippen molar-refractivity contribution in [2.75, 3.05) is 31.3 Å². The zero-order valence-electron chi connectivity index (χ0n) is 13.4. The van der Waals surface area contributed by atoms with Crippen LogP contribution in [0.4, 0.5) is 5.69 Å². The van der Waals surface area contributed by atoms with Crippen LogP contribution in [0.1, 0.15) is 0 Å². The molecule has 0 aliphatic rings. The van der Waals surface area contributed by atoms with Gasteiger partial charge in [0.2, 0.25) is 0 Å². The molecule has 126 valence electrons. The van der Waals surface area contributed by atoms with Crippen molar-refractivity contribution in [2.45, 2.75) is 6.54 Å². The highest BCUT2D eigenvalue weighted by Crippen LogP contribution is 2.34. The second kappa shape index (κ2) is 7.46. The van der Waals surface area contributed by atoms with E-state index in [0.29, 0.717) is 24.8 Å². The SMILES string of the molecule is CS(C)(C)COCCn1ncc([N+](=O)[O-])c1-c1cccc(Br)c1. The Labute approximate surface area is 145 Å². The van der Waals surface area contributed by atoms with Crippen LogP contribution in [0.3, 0.4) is 0 Å². The van der Waals surface area contributed by atoms with E-state index in [9.17, 15) is 10.1 Å². The van der Waals surface area contributed by atoms with Crippen LogP contribution in [-0.2, 0) is 11.3 Å². The summed E-state index contributed by atoms with van der Waals surface area (Å²) in [6.07, 6.45) is 7.83. The molecule has 0 saturated carbocycles. The van der Waals surface area contributed by atoms with Gasteiger partial charge in [-0.1, -0.05) is 28.1 Å². The molecule has 1 aromatic heterocycles. The molecule has 0 N–H and O–H groups in total. The van der Waals surface area contributed by atoms with Gasteiger partial charge in [0.25, 0.3) is 0 Å². The molecule has 0 aliphatic heterocycles. The first kappa shape index (κ1) is 18.0. The van der Waals surface area contributed by atoms with Crippen molar-refractivity contribution in [3.05, 3.63) is 45.0 Å². The molecule has 2 aromatic rings. The second-order valence-corrected chi connectivity index (χ2v) is 11.3. The summed E-state index contributed by atoms with van der Waals surface area (Å²) >= 11 is 3.40. The molecular weight excluding hydrogens is 382 g/mol. The summed E-state index contributed by atoms with van der Waals surface area (Å²) in [6.45, 7) is 0.954. The fourth-order valence-electron chi connectivity index (χ4n) is 2.07. The van der Waals surface area contributed by atoms with Crippen molar-refractivity contribution >= 4 is 31.6 Å². The highest BCUT2D eigenvalue weighted by atomic mass is 79.9. The number of aromatic nitrogens is 2. The van der Waals surface area contributed by atoms with Crippen LogP contribution in [0.15, 0.2) is 34.9 Å². The Morgan fingerprint density at radius 2 is 2.13 bits per heavy atom. The third-order valence-corrected chi connectivity index (χ3v) is 4.37. The largest absolute Gasteiger partial charge is 0.370 e. The van der Waals surface area contributed by atoms with Gasteiger partial charge in [-0.3, -0.25) is 14.8 Å². The Morgan fingerprint density at radius 3 is 2.74 bits per heavy atom. The zero-order valence-corrected chi connectivity index (χ0v) is 15.8.